The van der Waals surface area contributed by atoms with Gasteiger partial charge in [-0.2, -0.15) is 0 Å². The predicted molar refractivity (Wildman–Crippen MR) is 102 cm³/mol. The molecule has 0 bridgehead atoms. The van der Waals surface area contributed by atoms with Crippen molar-refractivity contribution in [1.82, 2.24) is 0 Å². The van der Waals surface area contributed by atoms with Crippen LogP contribution < -0.4 is 10.2 Å². The average molecular weight is 377 g/mol. The standard InChI is InChI=1S/C20H23BClFO3/c1-19(2)20(3,4)26-21(25-19)17-13-10-15(12-8-6-5-7-9-12)24-16(13)11-14(23)18(17)22/h6,8-9,11,15H,5,7,10H2,1-4H3. The maximum absolute atomic E-state index is 14.5. The van der Waals surface area contributed by atoms with Crippen LogP contribution in [0.2, 0.25) is 5.02 Å². The zero-order valence-electron chi connectivity index (χ0n) is 15.6. The molecule has 0 radical (unpaired) electrons. The summed E-state index contributed by atoms with van der Waals surface area (Å²) in [6, 6.07) is 1.37. The van der Waals surface area contributed by atoms with Crippen molar-refractivity contribution < 1.29 is 18.4 Å². The Morgan fingerprint density at radius 3 is 2.46 bits per heavy atom. The van der Waals surface area contributed by atoms with E-state index in [4.69, 9.17) is 25.6 Å². The molecule has 0 N–H and O–H groups in total. The Bertz CT molecular complexity index is 800. The monoisotopic (exact) mass is 376 g/mol. The first-order chi connectivity index (χ1) is 12.2. The van der Waals surface area contributed by atoms with Crippen molar-refractivity contribution in [1.29, 1.82) is 0 Å². The molecule has 0 aromatic heterocycles. The van der Waals surface area contributed by atoms with Crippen LogP contribution in [0.5, 0.6) is 5.75 Å². The van der Waals surface area contributed by atoms with E-state index < -0.39 is 24.1 Å². The van der Waals surface area contributed by atoms with E-state index in [-0.39, 0.29) is 11.1 Å². The molecule has 2 aliphatic heterocycles. The van der Waals surface area contributed by atoms with Crippen LogP contribution in [0.15, 0.2) is 29.9 Å². The van der Waals surface area contributed by atoms with Gasteiger partial charge in [0.05, 0.1) is 16.2 Å². The first-order valence-electron chi connectivity index (χ1n) is 9.09. The molecule has 2 heterocycles. The van der Waals surface area contributed by atoms with Gasteiger partial charge in [-0.15, -0.1) is 0 Å². The normalized spacial score (nSPS) is 25.8. The molecule has 1 unspecified atom stereocenters. The zero-order valence-corrected chi connectivity index (χ0v) is 16.3. The van der Waals surface area contributed by atoms with Gasteiger partial charge in [-0.1, -0.05) is 29.8 Å². The van der Waals surface area contributed by atoms with E-state index in [1.807, 2.05) is 27.7 Å². The average Bonchev–Trinajstić information content (AvgIpc) is 3.07. The summed E-state index contributed by atoms with van der Waals surface area (Å²) in [4.78, 5) is 0. The maximum atomic E-state index is 14.5. The quantitative estimate of drug-likeness (QED) is 0.718. The molecular formula is C20H23BClFO3. The summed E-state index contributed by atoms with van der Waals surface area (Å²) < 4.78 is 32.8. The number of fused-ring (bicyclic) bond motifs is 1. The molecule has 3 nitrogen and oxygen atoms in total. The van der Waals surface area contributed by atoms with Gasteiger partial charge in [0.15, 0.2) is 0 Å². The van der Waals surface area contributed by atoms with Gasteiger partial charge in [0, 0.05) is 17.9 Å². The van der Waals surface area contributed by atoms with E-state index in [9.17, 15) is 4.39 Å². The number of halogens is 2. The van der Waals surface area contributed by atoms with Crippen LogP contribution in [0.3, 0.4) is 0 Å². The van der Waals surface area contributed by atoms with Gasteiger partial charge in [-0.3, -0.25) is 0 Å². The van der Waals surface area contributed by atoms with E-state index in [1.165, 1.54) is 6.07 Å². The van der Waals surface area contributed by atoms with Gasteiger partial charge in [0.1, 0.15) is 17.7 Å². The van der Waals surface area contributed by atoms with E-state index in [0.29, 0.717) is 17.6 Å². The molecule has 0 spiro atoms. The molecule has 1 aromatic carbocycles. The Labute approximate surface area is 159 Å². The Hall–Kier alpha value is -1.30. The Balaban J connectivity index is 1.72. The Morgan fingerprint density at radius 1 is 1.15 bits per heavy atom. The molecule has 1 atom stereocenters. The van der Waals surface area contributed by atoms with Gasteiger partial charge in [0.25, 0.3) is 0 Å². The summed E-state index contributed by atoms with van der Waals surface area (Å²) in [5.74, 6) is 0.0189. The van der Waals surface area contributed by atoms with Crippen molar-refractivity contribution in [2.45, 2.75) is 64.3 Å². The van der Waals surface area contributed by atoms with Crippen molar-refractivity contribution in [3.63, 3.8) is 0 Å². The molecule has 1 saturated heterocycles. The molecule has 4 rings (SSSR count). The van der Waals surface area contributed by atoms with Crippen molar-refractivity contribution in [2.75, 3.05) is 0 Å². The highest BCUT2D eigenvalue weighted by molar-refractivity contribution is 6.66. The Morgan fingerprint density at radius 2 is 1.85 bits per heavy atom. The Kier molecular flexibility index (Phi) is 4.25. The number of rotatable bonds is 2. The fourth-order valence-electron chi connectivity index (χ4n) is 3.62. The van der Waals surface area contributed by atoms with Crippen LogP contribution in [0.4, 0.5) is 4.39 Å². The van der Waals surface area contributed by atoms with E-state index in [1.54, 1.807) is 0 Å². The summed E-state index contributed by atoms with van der Waals surface area (Å²) in [6.07, 6.45) is 8.97. The number of ether oxygens (including phenoxy) is 1. The number of hydrogen-bond acceptors (Lipinski definition) is 3. The van der Waals surface area contributed by atoms with E-state index in [2.05, 4.69) is 18.2 Å². The zero-order chi connectivity index (χ0) is 18.7. The van der Waals surface area contributed by atoms with Crippen molar-refractivity contribution in [2.24, 2.45) is 0 Å². The topological polar surface area (TPSA) is 27.7 Å². The number of benzene rings is 1. The van der Waals surface area contributed by atoms with Gasteiger partial charge in [-0.25, -0.2) is 4.39 Å². The molecule has 138 valence electrons. The lowest BCUT2D eigenvalue weighted by molar-refractivity contribution is 0.00578. The summed E-state index contributed by atoms with van der Waals surface area (Å²) in [6.45, 7) is 7.88. The number of hydrogen-bond donors (Lipinski definition) is 0. The molecule has 0 saturated carbocycles. The second kappa shape index (κ2) is 6.11. The highest BCUT2D eigenvalue weighted by atomic mass is 35.5. The first-order valence-corrected chi connectivity index (χ1v) is 9.47. The fraction of sp³-hybridized carbons (Fsp3) is 0.500. The molecule has 1 aromatic rings. The minimum Gasteiger partial charge on any atom is -0.485 e. The molecule has 26 heavy (non-hydrogen) atoms. The second-order valence-corrected chi connectivity index (χ2v) is 8.52. The van der Waals surface area contributed by atoms with Crippen molar-refractivity contribution in [3.05, 3.63) is 46.3 Å². The van der Waals surface area contributed by atoms with Crippen LogP contribution in [0.25, 0.3) is 0 Å². The highest BCUT2D eigenvalue weighted by Gasteiger charge is 2.53. The predicted octanol–water partition coefficient (Wildman–Crippen LogP) is 4.36. The first kappa shape index (κ1) is 18.1. The van der Waals surface area contributed by atoms with Crippen molar-refractivity contribution in [3.8, 4) is 5.75 Å². The summed E-state index contributed by atoms with van der Waals surface area (Å²) in [7, 11) is -0.713. The van der Waals surface area contributed by atoms with Crippen molar-refractivity contribution >= 4 is 24.2 Å². The lowest BCUT2D eigenvalue weighted by Crippen LogP contribution is -2.41. The molecule has 0 amide bonds. The molecular weight excluding hydrogens is 353 g/mol. The summed E-state index contributed by atoms with van der Waals surface area (Å²) in [5, 5.41) is 0.0552. The van der Waals surface area contributed by atoms with Crippen LogP contribution in [-0.2, 0) is 15.7 Å². The lowest BCUT2D eigenvalue weighted by Gasteiger charge is -2.32. The van der Waals surface area contributed by atoms with Gasteiger partial charge >= 0.3 is 7.12 Å². The van der Waals surface area contributed by atoms with Crippen LogP contribution in [0, 0.1) is 5.82 Å². The van der Waals surface area contributed by atoms with Crippen LogP contribution in [0.1, 0.15) is 46.1 Å². The van der Waals surface area contributed by atoms with Gasteiger partial charge < -0.3 is 14.0 Å². The smallest absolute Gasteiger partial charge is 0.485 e. The second-order valence-electron chi connectivity index (χ2n) is 8.15. The van der Waals surface area contributed by atoms with E-state index >= 15 is 0 Å². The van der Waals surface area contributed by atoms with Crippen LogP contribution in [-0.4, -0.2) is 24.4 Å². The highest BCUT2D eigenvalue weighted by Crippen LogP contribution is 2.40. The third-order valence-corrected chi connectivity index (χ3v) is 6.25. The third kappa shape index (κ3) is 2.81. The largest absolute Gasteiger partial charge is 0.496 e. The lowest BCUT2D eigenvalue weighted by atomic mass is 9.74. The maximum Gasteiger partial charge on any atom is 0.496 e. The van der Waals surface area contributed by atoms with Gasteiger partial charge in [-0.05, 0) is 51.7 Å². The van der Waals surface area contributed by atoms with Gasteiger partial charge in [0.2, 0.25) is 0 Å². The summed E-state index contributed by atoms with van der Waals surface area (Å²) >= 11 is 6.36. The molecule has 1 fully saturated rings. The fourth-order valence-corrected chi connectivity index (χ4v) is 3.88. The minimum atomic E-state index is -0.713. The molecule has 3 aliphatic rings. The third-order valence-electron chi connectivity index (χ3n) is 5.87. The number of allylic oxidation sites excluding steroid dienone is 2. The summed E-state index contributed by atoms with van der Waals surface area (Å²) in [5.41, 5.74) is 1.52. The van der Waals surface area contributed by atoms with E-state index in [0.717, 1.165) is 24.0 Å². The molecule has 6 heteroatoms. The molecule has 1 aliphatic carbocycles. The SMILES string of the molecule is CC1(C)OB(c2c(Cl)c(F)cc3c2CC(C2=CCCC=C2)O3)OC1(C)C. The minimum absolute atomic E-state index is 0.0552. The van der Waals surface area contributed by atoms with Crippen LogP contribution >= 0.6 is 11.6 Å².